The Morgan fingerprint density at radius 2 is 1.72 bits per heavy atom. The first kappa shape index (κ1) is 19.8. The zero-order valence-electron chi connectivity index (χ0n) is 16.4. The van der Waals surface area contributed by atoms with Crippen molar-refractivity contribution in [1.82, 2.24) is 9.55 Å². The van der Waals surface area contributed by atoms with Crippen molar-refractivity contribution in [2.75, 3.05) is 0 Å². The van der Waals surface area contributed by atoms with E-state index in [9.17, 15) is 0 Å². The summed E-state index contributed by atoms with van der Waals surface area (Å²) in [7, 11) is 0. The maximum atomic E-state index is 6.25. The molecule has 0 aliphatic carbocycles. The second-order valence-electron chi connectivity index (χ2n) is 7.36. The van der Waals surface area contributed by atoms with Crippen molar-refractivity contribution in [2.24, 2.45) is 0 Å². The van der Waals surface area contributed by atoms with Crippen LogP contribution < -0.4 is 4.74 Å². The highest BCUT2D eigenvalue weighted by Gasteiger charge is 2.13. The molecule has 0 atom stereocenters. The molecule has 5 heteroatoms. The molecule has 0 unspecified atom stereocenters. The average Bonchev–Trinajstić information content (AvgIpc) is 3.05. The van der Waals surface area contributed by atoms with E-state index in [1.54, 1.807) is 18.2 Å². The molecule has 1 aromatic heterocycles. The minimum Gasteiger partial charge on any atom is -0.484 e. The fourth-order valence-corrected chi connectivity index (χ4v) is 3.80. The van der Waals surface area contributed by atoms with Crippen LogP contribution in [-0.2, 0) is 13.2 Å². The first-order valence-electron chi connectivity index (χ1n) is 9.62. The number of fused-ring (bicyclic) bond motifs is 1. The van der Waals surface area contributed by atoms with Gasteiger partial charge in [0.1, 0.15) is 18.2 Å². The van der Waals surface area contributed by atoms with Crippen molar-refractivity contribution in [3.63, 3.8) is 0 Å². The van der Waals surface area contributed by atoms with Gasteiger partial charge in [0.15, 0.2) is 0 Å². The van der Waals surface area contributed by atoms with Crippen LogP contribution in [0.25, 0.3) is 11.0 Å². The summed E-state index contributed by atoms with van der Waals surface area (Å²) < 4.78 is 8.16. The normalized spacial score (nSPS) is 11.3. The molecule has 0 spiro atoms. The van der Waals surface area contributed by atoms with Crippen LogP contribution in [0.15, 0.2) is 66.7 Å². The molecule has 0 aliphatic heterocycles. The Kier molecular flexibility index (Phi) is 5.79. The lowest BCUT2D eigenvalue weighted by Crippen LogP contribution is -2.08. The minimum absolute atomic E-state index is 0.320. The largest absolute Gasteiger partial charge is 0.484 e. The molecule has 0 amide bonds. The summed E-state index contributed by atoms with van der Waals surface area (Å²) in [4.78, 5) is 4.79. The van der Waals surface area contributed by atoms with Crippen LogP contribution in [0.4, 0.5) is 0 Å². The fourth-order valence-electron chi connectivity index (χ4n) is 3.34. The smallest absolute Gasteiger partial charge is 0.148 e. The molecular formula is C24H22Cl2N2O. The standard InChI is InChI=1S/C24H22Cl2N2O/c1-16(2)18-9-7-17(8-10-18)14-28-22-6-4-3-5-21(22)27-24(28)15-29-23-12-11-19(25)13-20(23)26/h3-13,16H,14-15H2,1-2H3. The first-order valence-corrected chi connectivity index (χ1v) is 10.4. The second-order valence-corrected chi connectivity index (χ2v) is 8.21. The molecular weight excluding hydrogens is 403 g/mol. The zero-order valence-corrected chi connectivity index (χ0v) is 17.9. The summed E-state index contributed by atoms with van der Waals surface area (Å²) in [5.74, 6) is 1.97. The van der Waals surface area contributed by atoms with E-state index in [0.717, 1.165) is 23.4 Å². The van der Waals surface area contributed by atoms with Crippen molar-refractivity contribution < 1.29 is 4.74 Å². The van der Waals surface area contributed by atoms with Gasteiger partial charge in [-0.15, -0.1) is 0 Å². The lowest BCUT2D eigenvalue weighted by atomic mass is 10.0. The Morgan fingerprint density at radius 1 is 0.966 bits per heavy atom. The summed E-state index contributed by atoms with van der Waals surface area (Å²) in [5.41, 5.74) is 4.60. The Balaban J connectivity index is 1.63. The summed E-state index contributed by atoms with van der Waals surface area (Å²) in [6.45, 7) is 5.46. The number of imidazole rings is 1. The van der Waals surface area contributed by atoms with E-state index in [0.29, 0.717) is 28.3 Å². The van der Waals surface area contributed by atoms with E-state index in [2.05, 4.69) is 48.7 Å². The van der Waals surface area contributed by atoms with Gasteiger partial charge in [-0.1, -0.05) is 73.4 Å². The van der Waals surface area contributed by atoms with Gasteiger partial charge in [0, 0.05) is 11.6 Å². The molecule has 29 heavy (non-hydrogen) atoms. The molecule has 0 saturated carbocycles. The molecule has 148 valence electrons. The van der Waals surface area contributed by atoms with Crippen molar-refractivity contribution in [1.29, 1.82) is 0 Å². The highest BCUT2D eigenvalue weighted by Crippen LogP contribution is 2.28. The Hall–Kier alpha value is -2.49. The van der Waals surface area contributed by atoms with Gasteiger partial charge >= 0.3 is 0 Å². The third-order valence-electron chi connectivity index (χ3n) is 4.97. The third kappa shape index (κ3) is 4.42. The van der Waals surface area contributed by atoms with Gasteiger partial charge in [-0.05, 0) is 47.4 Å². The van der Waals surface area contributed by atoms with Gasteiger partial charge in [-0.2, -0.15) is 0 Å². The quantitative estimate of drug-likeness (QED) is 0.330. The van der Waals surface area contributed by atoms with Crippen LogP contribution >= 0.6 is 23.2 Å². The number of rotatable bonds is 6. The van der Waals surface area contributed by atoms with E-state index in [-0.39, 0.29) is 0 Å². The monoisotopic (exact) mass is 424 g/mol. The van der Waals surface area contributed by atoms with E-state index < -0.39 is 0 Å². The molecule has 1 heterocycles. The Labute approximate surface area is 180 Å². The van der Waals surface area contributed by atoms with Gasteiger partial charge in [-0.25, -0.2) is 4.98 Å². The second kappa shape index (κ2) is 8.48. The number of nitrogens with zero attached hydrogens (tertiary/aromatic N) is 2. The third-order valence-corrected chi connectivity index (χ3v) is 5.50. The summed E-state index contributed by atoms with van der Waals surface area (Å²) >= 11 is 12.2. The van der Waals surface area contributed by atoms with E-state index in [1.807, 2.05) is 18.2 Å². The predicted octanol–water partition coefficient (Wildman–Crippen LogP) is 7.09. The van der Waals surface area contributed by atoms with Crippen LogP contribution in [0.3, 0.4) is 0 Å². The topological polar surface area (TPSA) is 27.1 Å². The van der Waals surface area contributed by atoms with E-state index >= 15 is 0 Å². The van der Waals surface area contributed by atoms with Crippen molar-refractivity contribution in [3.8, 4) is 5.75 Å². The number of para-hydroxylation sites is 2. The highest BCUT2D eigenvalue weighted by atomic mass is 35.5. The summed E-state index contributed by atoms with van der Waals surface area (Å²) in [6.07, 6.45) is 0. The van der Waals surface area contributed by atoms with Gasteiger partial charge < -0.3 is 9.30 Å². The molecule has 0 aliphatic rings. The molecule has 3 aromatic carbocycles. The zero-order chi connectivity index (χ0) is 20.4. The SMILES string of the molecule is CC(C)c1ccc(Cn2c(COc3ccc(Cl)cc3Cl)nc3ccccc32)cc1. The van der Waals surface area contributed by atoms with Crippen molar-refractivity contribution in [3.05, 3.63) is 93.7 Å². The highest BCUT2D eigenvalue weighted by molar-refractivity contribution is 6.35. The summed E-state index contributed by atoms with van der Waals surface area (Å²) in [5, 5.41) is 1.07. The molecule has 0 radical (unpaired) electrons. The Morgan fingerprint density at radius 3 is 2.45 bits per heavy atom. The number of halogens is 2. The fraction of sp³-hybridized carbons (Fsp3) is 0.208. The maximum Gasteiger partial charge on any atom is 0.148 e. The van der Waals surface area contributed by atoms with Crippen LogP contribution in [0.2, 0.25) is 10.0 Å². The number of ether oxygens (including phenoxy) is 1. The minimum atomic E-state index is 0.320. The number of hydrogen-bond donors (Lipinski definition) is 0. The molecule has 0 saturated heterocycles. The number of aromatic nitrogens is 2. The predicted molar refractivity (Wildman–Crippen MR) is 120 cm³/mol. The molecule has 4 aromatic rings. The Bertz CT molecular complexity index is 1130. The van der Waals surface area contributed by atoms with Gasteiger partial charge in [0.25, 0.3) is 0 Å². The van der Waals surface area contributed by atoms with Gasteiger partial charge in [0.2, 0.25) is 0 Å². The lowest BCUT2D eigenvalue weighted by Gasteiger charge is -2.12. The number of hydrogen-bond acceptors (Lipinski definition) is 2. The lowest BCUT2D eigenvalue weighted by molar-refractivity contribution is 0.291. The van der Waals surface area contributed by atoms with Crippen molar-refractivity contribution in [2.45, 2.75) is 32.9 Å². The summed E-state index contributed by atoms with van der Waals surface area (Å²) in [6, 6.07) is 22.1. The van der Waals surface area contributed by atoms with E-state index in [4.69, 9.17) is 32.9 Å². The van der Waals surface area contributed by atoms with Crippen LogP contribution in [0, 0.1) is 0 Å². The molecule has 4 rings (SSSR count). The van der Waals surface area contributed by atoms with Crippen molar-refractivity contribution >= 4 is 34.2 Å². The van der Waals surface area contributed by atoms with Crippen LogP contribution in [-0.4, -0.2) is 9.55 Å². The molecule has 0 bridgehead atoms. The van der Waals surface area contributed by atoms with Crippen LogP contribution in [0.1, 0.15) is 36.7 Å². The maximum absolute atomic E-state index is 6.25. The molecule has 0 N–H and O–H groups in total. The van der Waals surface area contributed by atoms with Crippen LogP contribution in [0.5, 0.6) is 5.75 Å². The molecule has 3 nitrogen and oxygen atoms in total. The average molecular weight is 425 g/mol. The van der Waals surface area contributed by atoms with E-state index in [1.165, 1.54) is 11.1 Å². The number of benzene rings is 3. The molecule has 0 fully saturated rings. The van der Waals surface area contributed by atoms with Gasteiger partial charge in [0.05, 0.1) is 16.1 Å². The van der Waals surface area contributed by atoms with Gasteiger partial charge in [-0.3, -0.25) is 0 Å². The first-order chi connectivity index (χ1) is 14.0.